The molecule has 0 bridgehead atoms. The second-order valence-corrected chi connectivity index (χ2v) is 8.72. The standard InChI is InChI=1S/C23H26N4O4/c1-23(2,3)31-22(30)26-10-7-15(8-11-26)16-5-4-6-17-18(16)13-24-14-19(17)27-12-9-20(28)25-21(27)29/h4-7,13-14H,8-12H2,1-3H3,(H,25,28,29). The maximum absolute atomic E-state index is 12.3. The van der Waals surface area contributed by atoms with Crippen LogP contribution < -0.4 is 10.2 Å². The average molecular weight is 422 g/mol. The number of carbonyl (C=O) groups is 3. The molecule has 2 aromatic rings. The number of nitrogens with zero attached hydrogens (tertiary/aromatic N) is 3. The number of rotatable bonds is 2. The largest absolute Gasteiger partial charge is 0.444 e. The first-order valence-electron chi connectivity index (χ1n) is 10.4. The number of ether oxygens (including phenoxy) is 1. The molecule has 162 valence electrons. The van der Waals surface area contributed by atoms with Crippen molar-refractivity contribution in [3.8, 4) is 0 Å². The van der Waals surface area contributed by atoms with Gasteiger partial charge in [0, 0.05) is 43.0 Å². The van der Waals surface area contributed by atoms with Crippen LogP contribution in [0, 0.1) is 0 Å². The summed E-state index contributed by atoms with van der Waals surface area (Å²) in [5.41, 5.74) is 2.31. The van der Waals surface area contributed by atoms with Crippen molar-refractivity contribution >= 4 is 40.1 Å². The van der Waals surface area contributed by atoms with Crippen molar-refractivity contribution in [1.82, 2.24) is 15.2 Å². The number of carbonyl (C=O) groups excluding carboxylic acids is 3. The molecule has 0 spiro atoms. The maximum Gasteiger partial charge on any atom is 0.410 e. The summed E-state index contributed by atoms with van der Waals surface area (Å²) in [6.45, 7) is 6.94. The molecular formula is C23H26N4O4. The van der Waals surface area contributed by atoms with Crippen molar-refractivity contribution in [2.75, 3.05) is 24.5 Å². The Hall–Kier alpha value is -3.42. The van der Waals surface area contributed by atoms with Gasteiger partial charge in [-0.2, -0.15) is 0 Å². The minimum atomic E-state index is -0.524. The van der Waals surface area contributed by atoms with Gasteiger partial charge in [-0.1, -0.05) is 24.3 Å². The van der Waals surface area contributed by atoms with Gasteiger partial charge in [0.05, 0.1) is 11.9 Å². The van der Waals surface area contributed by atoms with Crippen molar-refractivity contribution in [3.05, 3.63) is 42.2 Å². The van der Waals surface area contributed by atoms with Gasteiger partial charge in [-0.25, -0.2) is 9.59 Å². The van der Waals surface area contributed by atoms with E-state index in [9.17, 15) is 14.4 Å². The molecule has 3 heterocycles. The fourth-order valence-electron chi connectivity index (χ4n) is 3.87. The smallest absolute Gasteiger partial charge is 0.410 e. The summed E-state index contributed by atoms with van der Waals surface area (Å²) in [6, 6.07) is 5.51. The molecule has 1 N–H and O–H groups in total. The van der Waals surface area contributed by atoms with Gasteiger partial charge < -0.3 is 9.64 Å². The summed E-state index contributed by atoms with van der Waals surface area (Å²) >= 11 is 0. The lowest BCUT2D eigenvalue weighted by molar-refractivity contribution is -0.120. The van der Waals surface area contributed by atoms with Crippen molar-refractivity contribution in [3.63, 3.8) is 0 Å². The molecular weight excluding hydrogens is 396 g/mol. The Balaban J connectivity index is 1.62. The number of nitrogens with one attached hydrogen (secondary N) is 1. The zero-order valence-corrected chi connectivity index (χ0v) is 18.0. The number of pyridine rings is 1. The van der Waals surface area contributed by atoms with E-state index in [-0.39, 0.29) is 18.4 Å². The highest BCUT2D eigenvalue weighted by molar-refractivity contribution is 6.10. The van der Waals surface area contributed by atoms with E-state index in [2.05, 4.69) is 10.3 Å². The third kappa shape index (κ3) is 4.38. The number of anilines is 1. The molecule has 1 aromatic carbocycles. The SMILES string of the molecule is CC(C)(C)OC(=O)N1CC=C(c2cccc3c(N4CCC(=O)NC4=O)cncc23)CC1. The molecule has 0 saturated carbocycles. The van der Waals surface area contributed by atoms with Crippen LogP contribution in [0.4, 0.5) is 15.3 Å². The Morgan fingerprint density at radius 3 is 2.58 bits per heavy atom. The van der Waals surface area contributed by atoms with E-state index in [0.29, 0.717) is 31.7 Å². The van der Waals surface area contributed by atoms with E-state index in [1.807, 2.05) is 45.0 Å². The van der Waals surface area contributed by atoms with E-state index >= 15 is 0 Å². The van der Waals surface area contributed by atoms with Gasteiger partial charge in [0.15, 0.2) is 0 Å². The lowest BCUT2D eigenvalue weighted by atomic mass is 9.94. The number of hydrogen-bond acceptors (Lipinski definition) is 5. The molecule has 0 aliphatic carbocycles. The van der Waals surface area contributed by atoms with Gasteiger partial charge in [-0.3, -0.25) is 20.0 Å². The second-order valence-electron chi connectivity index (χ2n) is 8.72. The fourth-order valence-corrected chi connectivity index (χ4v) is 3.87. The molecule has 1 saturated heterocycles. The number of urea groups is 1. The van der Waals surface area contributed by atoms with Crippen molar-refractivity contribution < 1.29 is 19.1 Å². The number of imide groups is 1. The fraction of sp³-hybridized carbons (Fsp3) is 0.391. The van der Waals surface area contributed by atoms with E-state index in [0.717, 1.165) is 21.9 Å². The Morgan fingerprint density at radius 1 is 1.10 bits per heavy atom. The average Bonchev–Trinajstić information content (AvgIpc) is 2.72. The van der Waals surface area contributed by atoms with E-state index in [1.165, 1.54) is 0 Å². The Kier molecular flexibility index (Phi) is 5.39. The first kappa shape index (κ1) is 20.8. The predicted molar refractivity (Wildman–Crippen MR) is 118 cm³/mol. The molecule has 0 radical (unpaired) electrons. The topological polar surface area (TPSA) is 91.8 Å². The quantitative estimate of drug-likeness (QED) is 0.797. The molecule has 8 nitrogen and oxygen atoms in total. The highest BCUT2D eigenvalue weighted by Crippen LogP contribution is 2.34. The zero-order chi connectivity index (χ0) is 22.2. The minimum Gasteiger partial charge on any atom is -0.444 e. The Labute approximate surface area is 180 Å². The lowest BCUT2D eigenvalue weighted by Crippen LogP contribution is -2.49. The molecule has 1 fully saturated rings. The number of fused-ring (bicyclic) bond motifs is 1. The normalized spacial score (nSPS) is 17.5. The van der Waals surface area contributed by atoms with Gasteiger partial charge in [-0.05, 0) is 38.3 Å². The van der Waals surface area contributed by atoms with Crippen LogP contribution in [-0.2, 0) is 9.53 Å². The van der Waals surface area contributed by atoms with E-state index < -0.39 is 11.6 Å². The Morgan fingerprint density at radius 2 is 1.90 bits per heavy atom. The highest BCUT2D eigenvalue weighted by atomic mass is 16.6. The minimum absolute atomic E-state index is 0.257. The first-order chi connectivity index (χ1) is 14.7. The molecule has 0 unspecified atom stereocenters. The first-order valence-corrected chi connectivity index (χ1v) is 10.4. The number of hydrogen-bond donors (Lipinski definition) is 1. The van der Waals surface area contributed by atoms with Crippen LogP contribution in [0.2, 0.25) is 0 Å². The van der Waals surface area contributed by atoms with Crippen LogP contribution in [0.5, 0.6) is 0 Å². The lowest BCUT2D eigenvalue weighted by Gasteiger charge is -2.30. The Bertz CT molecular complexity index is 1090. The third-order valence-electron chi connectivity index (χ3n) is 5.33. The van der Waals surface area contributed by atoms with Gasteiger partial charge in [0.2, 0.25) is 5.91 Å². The molecule has 1 aromatic heterocycles. The van der Waals surface area contributed by atoms with Crippen LogP contribution in [-0.4, -0.2) is 53.2 Å². The molecule has 8 heteroatoms. The summed E-state index contributed by atoms with van der Waals surface area (Å²) < 4.78 is 5.47. The molecule has 2 aliphatic rings. The molecule has 2 aliphatic heterocycles. The van der Waals surface area contributed by atoms with Gasteiger partial charge >= 0.3 is 12.1 Å². The highest BCUT2D eigenvalue weighted by Gasteiger charge is 2.27. The van der Waals surface area contributed by atoms with Crippen LogP contribution in [0.25, 0.3) is 16.3 Å². The van der Waals surface area contributed by atoms with E-state index in [1.54, 1.807) is 22.2 Å². The second kappa shape index (κ2) is 8.02. The monoisotopic (exact) mass is 422 g/mol. The summed E-state index contributed by atoms with van der Waals surface area (Å²) in [5.74, 6) is -0.267. The van der Waals surface area contributed by atoms with Crippen LogP contribution in [0.15, 0.2) is 36.7 Å². The molecule has 4 amide bonds. The van der Waals surface area contributed by atoms with Crippen LogP contribution >= 0.6 is 0 Å². The van der Waals surface area contributed by atoms with Crippen molar-refractivity contribution in [2.45, 2.75) is 39.2 Å². The summed E-state index contributed by atoms with van der Waals surface area (Å²) in [5, 5.41) is 4.19. The van der Waals surface area contributed by atoms with Crippen LogP contribution in [0.3, 0.4) is 0 Å². The zero-order valence-electron chi connectivity index (χ0n) is 18.0. The number of aromatic nitrogens is 1. The van der Waals surface area contributed by atoms with Crippen LogP contribution in [0.1, 0.15) is 39.2 Å². The number of benzene rings is 1. The molecule has 4 rings (SSSR count). The molecule has 31 heavy (non-hydrogen) atoms. The maximum atomic E-state index is 12.3. The van der Waals surface area contributed by atoms with Gasteiger partial charge in [0.25, 0.3) is 0 Å². The predicted octanol–water partition coefficient (Wildman–Crippen LogP) is 3.71. The summed E-state index contributed by atoms with van der Waals surface area (Å²) in [7, 11) is 0. The van der Waals surface area contributed by atoms with Gasteiger partial charge in [-0.15, -0.1) is 0 Å². The number of amides is 4. The van der Waals surface area contributed by atoms with Crippen molar-refractivity contribution in [1.29, 1.82) is 0 Å². The third-order valence-corrected chi connectivity index (χ3v) is 5.33. The van der Waals surface area contributed by atoms with Crippen molar-refractivity contribution in [2.24, 2.45) is 0 Å². The summed E-state index contributed by atoms with van der Waals surface area (Å²) in [6.07, 6.45) is 6.13. The van der Waals surface area contributed by atoms with E-state index in [4.69, 9.17) is 4.74 Å². The van der Waals surface area contributed by atoms with Gasteiger partial charge in [0.1, 0.15) is 5.60 Å². The molecule has 0 atom stereocenters. The summed E-state index contributed by atoms with van der Waals surface area (Å²) in [4.78, 5) is 43.8.